The van der Waals surface area contributed by atoms with Gasteiger partial charge in [-0.1, -0.05) is 0 Å². The van der Waals surface area contributed by atoms with Crippen molar-refractivity contribution in [2.24, 2.45) is 20.5 Å². The number of hydrogen-bond acceptors (Lipinski definition) is 7. The predicted molar refractivity (Wildman–Crippen MR) is 77.4 cm³/mol. The summed E-state index contributed by atoms with van der Waals surface area (Å²) in [6.45, 7) is 4.83. The lowest BCUT2D eigenvalue weighted by atomic mass is 10.1. The lowest BCUT2D eigenvalue weighted by Crippen LogP contribution is -2.46. The summed E-state index contributed by atoms with van der Waals surface area (Å²) in [5.74, 6) is -1.11. The number of rotatable bonds is 11. The van der Waals surface area contributed by atoms with Crippen LogP contribution in [-0.4, -0.2) is 47.4 Å². The average Bonchev–Trinajstić information content (AvgIpc) is 3.34. The van der Waals surface area contributed by atoms with Gasteiger partial charge in [-0.15, -0.1) is 0 Å². The molecule has 2 aliphatic heterocycles. The molecule has 9 nitrogen and oxygen atoms in total. The fourth-order valence-corrected chi connectivity index (χ4v) is 1.99. The van der Waals surface area contributed by atoms with E-state index >= 15 is 0 Å². The summed E-state index contributed by atoms with van der Waals surface area (Å²) in [6, 6.07) is -0.528. The fourth-order valence-electron chi connectivity index (χ4n) is 1.99. The lowest BCUT2D eigenvalue weighted by Gasteiger charge is -2.18. The quantitative estimate of drug-likeness (QED) is 0.527. The SMILES string of the molecule is CC1(CCNC(=O)C(CCC(=O)O)NCCC2(C)N=N2)N=N1. The molecule has 1 unspecified atom stereocenters. The van der Waals surface area contributed by atoms with Gasteiger partial charge < -0.3 is 15.7 Å². The van der Waals surface area contributed by atoms with Crippen LogP contribution in [-0.2, 0) is 9.59 Å². The van der Waals surface area contributed by atoms with Crippen LogP contribution >= 0.6 is 0 Å². The molecule has 0 aromatic heterocycles. The minimum absolute atomic E-state index is 0.0561. The number of amides is 1. The summed E-state index contributed by atoms with van der Waals surface area (Å²) in [5.41, 5.74) is -0.675. The molecule has 2 heterocycles. The van der Waals surface area contributed by atoms with Gasteiger partial charge in [0.1, 0.15) is 0 Å². The Morgan fingerprint density at radius 3 is 2.09 bits per heavy atom. The fraction of sp³-hybridized carbons (Fsp3) is 0.846. The molecule has 0 aromatic rings. The number of hydrogen-bond donors (Lipinski definition) is 3. The van der Waals surface area contributed by atoms with Crippen molar-refractivity contribution in [1.82, 2.24) is 10.6 Å². The van der Waals surface area contributed by atoms with Crippen LogP contribution in [0.2, 0.25) is 0 Å². The molecular weight excluding hydrogens is 288 g/mol. The van der Waals surface area contributed by atoms with Gasteiger partial charge in [-0.2, -0.15) is 20.5 Å². The number of aliphatic carboxylic acids is 1. The molecular formula is C13H22N6O3. The van der Waals surface area contributed by atoms with Gasteiger partial charge in [0.2, 0.25) is 5.91 Å². The number of carbonyl (C=O) groups is 2. The standard InChI is InChI=1S/C13H22N6O3/c1-12(16-17-12)5-7-14-9(3-4-10(20)21)11(22)15-8-6-13(2)18-19-13/h9,14H,3-8H2,1-2H3,(H,15,22)(H,20,21). The molecule has 0 spiro atoms. The smallest absolute Gasteiger partial charge is 0.303 e. The van der Waals surface area contributed by atoms with Gasteiger partial charge in [-0.25, -0.2) is 0 Å². The van der Waals surface area contributed by atoms with E-state index in [4.69, 9.17) is 5.11 Å². The molecule has 22 heavy (non-hydrogen) atoms. The molecule has 0 aliphatic carbocycles. The summed E-state index contributed by atoms with van der Waals surface area (Å²) in [7, 11) is 0. The van der Waals surface area contributed by atoms with Crippen molar-refractivity contribution in [3.8, 4) is 0 Å². The van der Waals surface area contributed by atoms with Gasteiger partial charge >= 0.3 is 5.97 Å². The van der Waals surface area contributed by atoms with Gasteiger partial charge in [0.15, 0.2) is 11.3 Å². The number of carboxylic acid groups (broad SMARTS) is 1. The molecule has 2 rings (SSSR count). The number of nitrogens with zero attached hydrogens (tertiary/aromatic N) is 4. The van der Waals surface area contributed by atoms with Crippen molar-refractivity contribution in [1.29, 1.82) is 0 Å². The zero-order valence-electron chi connectivity index (χ0n) is 12.9. The normalized spacial score (nSPS) is 20.5. The van der Waals surface area contributed by atoms with Crippen LogP contribution < -0.4 is 10.6 Å². The van der Waals surface area contributed by atoms with Crippen LogP contribution in [0.5, 0.6) is 0 Å². The van der Waals surface area contributed by atoms with Gasteiger partial charge in [0.25, 0.3) is 0 Å². The van der Waals surface area contributed by atoms with Crippen LogP contribution in [0.3, 0.4) is 0 Å². The maximum Gasteiger partial charge on any atom is 0.303 e. The van der Waals surface area contributed by atoms with E-state index in [9.17, 15) is 9.59 Å². The Balaban J connectivity index is 1.71. The number of carbonyl (C=O) groups excluding carboxylic acids is 1. The van der Waals surface area contributed by atoms with E-state index in [0.29, 0.717) is 25.9 Å². The second-order valence-corrected chi connectivity index (χ2v) is 6.06. The third-order valence-electron chi connectivity index (χ3n) is 3.73. The highest BCUT2D eigenvalue weighted by Crippen LogP contribution is 2.30. The Bertz CT molecular complexity index is 492. The molecule has 0 radical (unpaired) electrons. The summed E-state index contributed by atoms with van der Waals surface area (Å²) in [6.07, 6.45) is 1.54. The molecule has 122 valence electrons. The second kappa shape index (κ2) is 6.47. The largest absolute Gasteiger partial charge is 0.481 e. The highest BCUT2D eigenvalue weighted by Gasteiger charge is 2.34. The molecule has 0 fully saturated rings. The first-order valence-corrected chi connectivity index (χ1v) is 7.43. The molecule has 0 saturated heterocycles. The molecule has 1 amide bonds. The Morgan fingerprint density at radius 1 is 1.05 bits per heavy atom. The minimum atomic E-state index is -0.915. The minimum Gasteiger partial charge on any atom is -0.481 e. The first-order chi connectivity index (χ1) is 10.3. The van der Waals surface area contributed by atoms with E-state index < -0.39 is 12.0 Å². The summed E-state index contributed by atoms with van der Waals surface area (Å²) < 4.78 is 0. The van der Waals surface area contributed by atoms with E-state index in [1.54, 1.807) is 0 Å². The zero-order valence-corrected chi connectivity index (χ0v) is 12.9. The van der Waals surface area contributed by atoms with Crippen LogP contribution in [0.15, 0.2) is 20.5 Å². The van der Waals surface area contributed by atoms with E-state index in [1.807, 2.05) is 13.8 Å². The zero-order chi connectivity index (χ0) is 16.2. The Hall–Kier alpha value is -1.90. The van der Waals surface area contributed by atoms with E-state index in [-0.39, 0.29) is 30.1 Å². The molecule has 9 heteroatoms. The van der Waals surface area contributed by atoms with Crippen molar-refractivity contribution < 1.29 is 14.7 Å². The van der Waals surface area contributed by atoms with Crippen molar-refractivity contribution in [3.05, 3.63) is 0 Å². The molecule has 0 bridgehead atoms. The second-order valence-electron chi connectivity index (χ2n) is 6.06. The molecule has 3 N–H and O–H groups in total. The van der Waals surface area contributed by atoms with E-state index in [2.05, 4.69) is 31.1 Å². The number of nitrogens with one attached hydrogen (secondary N) is 2. The maximum atomic E-state index is 12.2. The molecule has 1 atom stereocenters. The van der Waals surface area contributed by atoms with Crippen LogP contribution in [0.1, 0.15) is 39.5 Å². The highest BCUT2D eigenvalue weighted by atomic mass is 16.4. The third kappa shape index (κ3) is 5.47. The average molecular weight is 310 g/mol. The molecule has 0 saturated carbocycles. The van der Waals surface area contributed by atoms with Crippen molar-refractivity contribution in [3.63, 3.8) is 0 Å². The van der Waals surface area contributed by atoms with Crippen molar-refractivity contribution >= 4 is 11.9 Å². The maximum absolute atomic E-state index is 12.2. The molecule has 2 aliphatic rings. The van der Waals surface area contributed by atoms with Crippen LogP contribution in [0.25, 0.3) is 0 Å². The Labute approximate surface area is 128 Å². The topological polar surface area (TPSA) is 128 Å². The van der Waals surface area contributed by atoms with Crippen molar-refractivity contribution in [2.45, 2.75) is 56.9 Å². The Morgan fingerprint density at radius 2 is 1.59 bits per heavy atom. The van der Waals surface area contributed by atoms with Gasteiger partial charge in [-0.3, -0.25) is 9.59 Å². The summed E-state index contributed by atoms with van der Waals surface area (Å²) in [4.78, 5) is 22.9. The van der Waals surface area contributed by atoms with Crippen LogP contribution in [0.4, 0.5) is 0 Å². The van der Waals surface area contributed by atoms with Crippen LogP contribution in [0, 0.1) is 0 Å². The van der Waals surface area contributed by atoms with Gasteiger partial charge in [0, 0.05) is 32.4 Å². The van der Waals surface area contributed by atoms with E-state index in [1.165, 1.54) is 0 Å². The monoisotopic (exact) mass is 310 g/mol. The van der Waals surface area contributed by atoms with Crippen molar-refractivity contribution in [2.75, 3.05) is 13.1 Å². The molecule has 0 aromatic carbocycles. The lowest BCUT2D eigenvalue weighted by molar-refractivity contribution is -0.137. The summed E-state index contributed by atoms with van der Waals surface area (Å²) in [5, 5.41) is 30.2. The Kier molecular flexibility index (Phi) is 4.84. The first-order valence-electron chi connectivity index (χ1n) is 7.43. The number of carboxylic acids is 1. The first kappa shape index (κ1) is 16.5. The van der Waals surface area contributed by atoms with Gasteiger partial charge in [-0.05, 0) is 20.3 Å². The third-order valence-corrected chi connectivity index (χ3v) is 3.73. The summed E-state index contributed by atoms with van der Waals surface area (Å²) >= 11 is 0. The van der Waals surface area contributed by atoms with Gasteiger partial charge in [0.05, 0.1) is 6.04 Å². The highest BCUT2D eigenvalue weighted by molar-refractivity contribution is 5.82. The predicted octanol–water partition coefficient (Wildman–Crippen LogP) is 1.07. The van der Waals surface area contributed by atoms with E-state index in [0.717, 1.165) is 0 Å².